The molecule has 0 aliphatic rings. The SMILES string of the molecule is O=C(O)c1cc(NN=Cc2ccccc2Br)ccc1Cl. The minimum absolute atomic E-state index is 0.0350. The fourth-order valence-electron chi connectivity index (χ4n) is 1.51. The van der Waals surface area contributed by atoms with Crippen molar-refractivity contribution in [2.75, 3.05) is 5.43 Å². The summed E-state index contributed by atoms with van der Waals surface area (Å²) < 4.78 is 0.924. The Morgan fingerprint density at radius 2 is 2.05 bits per heavy atom. The van der Waals surface area contributed by atoms with Gasteiger partial charge in [-0.2, -0.15) is 5.10 Å². The molecule has 0 aromatic heterocycles. The zero-order valence-electron chi connectivity index (χ0n) is 10.2. The van der Waals surface area contributed by atoms with Gasteiger partial charge in [0.2, 0.25) is 0 Å². The van der Waals surface area contributed by atoms with E-state index < -0.39 is 5.97 Å². The number of hydrazone groups is 1. The Morgan fingerprint density at radius 1 is 1.30 bits per heavy atom. The first-order valence-corrected chi connectivity index (χ1v) is 6.81. The Hall–Kier alpha value is -1.85. The molecule has 0 aliphatic carbocycles. The zero-order valence-corrected chi connectivity index (χ0v) is 12.5. The summed E-state index contributed by atoms with van der Waals surface area (Å²) in [6.45, 7) is 0. The number of nitrogens with one attached hydrogen (secondary N) is 1. The van der Waals surface area contributed by atoms with Crippen molar-refractivity contribution in [3.8, 4) is 0 Å². The molecule has 2 N–H and O–H groups in total. The molecule has 4 nitrogen and oxygen atoms in total. The predicted octanol–water partition coefficient (Wildman–Crippen LogP) is 4.25. The van der Waals surface area contributed by atoms with E-state index in [0.29, 0.717) is 5.69 Å². The average molecular weight is 354 g/mol. The second kappa shape index (κ2) is 6.54. The number of carboxylic acid groups (broad SMARTS) is 1. The molecule has 0 saturated carbocycles. The van der Waals surface area contributed by atoms with Crippen LogP contribution in [0.4, 0.5) is 5.69 Å². The Bertz CT molecular complexity index is 674. The lowest BCUT2D eigenvalue weighted by molar-refractivity contribution is 0.0697. The standard InChI is InChI=1S/C14H10BrClN2O2/c15-12-4-2-1-3-9(12)8-17-18-10-5-6-13(16)11(7-10)14(19)20/h1-8,18H,(H,19,20). The summed E-state index contributed by atoms with van der Waals surface area (Å²) in [5.41, 5.74) is 4.27. The molecule has 2 aromatic carbocycles. The minimum atomic E-state index is -1.08. The molecule has 0 heterocycles. The third kappa shape index (κ3) is 3.59. The molecule has 0 saturated heterocycles. The molecule has 0 bridgehead atoms. The summed E-state index contributed by atoms with van der Waals surface area (Å²) in [5.74, 6) is -1.08. The van der Waals surface area contributed by atoms with E-state index in [9.17, 15) is 4.79 Å². The fourth-order valence-corrected chi connectivity index (χ4v) is 2.10. The van der Waals surface area contributed by atoms with Crippen molar-refractivity contribution in [2.24, 2.45) is 5.10 Å². The third-order valence-electron chi connectivity index (χ3n) is 2.50. The highest BCUT2D eigenvalue weighted by atomic mass is 79.9. The topological polar surface area (TPSA) is 61.7 Å². The number of nitrogens with zero attached hydrogens (tertiary/aromatic N) is 1. The van der Waals surface area contributed by atoms with Gasteiger partial charge in [-0.3, -0.25) is 5.43 Å². The highest BCUT2D eigenvalue weighted by Crippen LogP contribution is 2.20. The van der Waals surface area contributed by atoms with E-state index >= 15 is 0 Å². The maximum absolute atomic E-state index is 11.0. The molecule has 0 spiro atoms. The van der Waals surface area contributed by atoms with Crippen LogP contribution in [0.2, 0.25) is 5.02 Å². The second-order valence-corrected chi connectivity index (χ2v) is 5.15. The van der Waals surface area contributed by atoms with Crippen LogP contribution < -0.4 is 5.43 Å². The smallest absolute Gasteiger partial charge is 0.337 e. The van der Waals surface area contributed by atoms with Crippen molar-refractivity contribution in [2.45, 2.75) is 0 Å². The van der Waals surface area contributed by atoms with Crippen LogP contribution in [-0.4, -0.2) is 17.3 Å². The van der Waals surface area contributed by atoms with Crippen LogP contribution in [0.5, 0.6) is 0 Å². The second-order valence-electron chi connectivity index (χ2n) is 3.89. The molecule has 6 heteroatoms. The van der Waals surface area contributed by atoms with Gasteiger partial charge in [0.25, 0.3) is 0 Å². The summed E-state index contributed by atoms with van der Waals surface area (Å²) in [6.07, 6.45) is 1.64. The number of hydrogen-bond acceptors (Lipinski definition) is 3. The number of halogens is 2. The highest BCUT2D eigenvalue weighted by molar-refractivity contribution is 9.10. The van der Waals surface area contributed by atoms with E-state index in [4.69, 9.17) is 16.7 Å². The number of anilines is 1. The van der Waals surface area contributed by atoms with Crippen molar-refractivity contribution < 1.29 is 9.90 Å². The molecular formula is C14H10BrClN2O2. The van der Waals surface area contributed by atoms with E-state index in [1.165, 1.54) is 12.1 Å². The lowest BCUT2D eigenvalue weighted by Gasteiger charge is -2.04. The van der Waals surface area contributed by atoms with E-state index in [-0.39, 0.29) is 10.6 Å². The lowest BCUT2D eigenvalue weighted by atomic mass is 10.2. The van der Waals surface area contributed by atoms with Crippen molar-refractivity contribution in [3.63, 3.8) is 0 Å². The maximum Gasteiger partial charge on any atom is 0.337 e. The quantitative estimate of drug-likeness (QED) is 0.638. The van der Waals surface area contributed by atoms with Gasteiger partial charge in [-0.05, 0) is 24.3 Å². The first-order valence-electron chi connectivity index (χ1n) is 5.64. The van der Waals surface area contributed by atoms with E-state index in [1.807, 2.05) is 24.3 Å². The average Bonchev–Trinajstić information content (AvgIpc) is 2.42. The number of aromatic carboxylic acids is 1. The molecule has 0 unspecified atom stereocenters. The summed E-state index contributed by atoms with van der Waals surface area (Å²) in [7, 11) is 0. The van der Waals surface area contributed by atoms with Gasteiger partial charge in [-0.15, -0.1) is 0 Å². The molecule has 20 heavy (non-hydrogen) atoms. The van der Waals surface area contributed by atoms with Crippen LogP contribution in [0, 0.1) is 0 Å². The fraction of sp³-hybridized carbons (Fsp3) is 0. The van der Waals surface area contributed by atoms with Crippen LogP contribution in [0.25, 0.3) is 0 Å². The van der Waals surface area contributed by atoms with Gasteiger partial charge in [0.15, 0.2) is 0 Å². The molecule has 102 valence electrons. The monoisotopic (exact) mass is 352 g/mol. The number of hydrogen-bond donors (Lipinski definition) is 2. The highest BCUT2D eigenvalue weighted by Gasteiger charge is 2.08. The molecule has 0 radical (unpaired) electrons. The summed E-state index contributed by atoms with van der Waals surface area (Å²) in [4.78, 5) is 11.0. The van der Waals surface area contributed by atoms with E-state index in [1.54, 1.807) is 12.3 Å². The number of rotatable bonds is 4. The Morgan fingerprint density at radius 3 is 2.75 bits per heavy atom. The van der Waals surface area contributed by atoms with Crippen LogP contribution in [0.3, 0.4) is 0 Å². The minimum Gasteiger partial charge on any atom is -0.478 e. The molecule has 0 amide bonds. The van der Waals surface area contributed by atoms with Crippen molar-refractivity contribution in [3.05, 3.63) is 63.1 Å². The summed E-state index contributed by atoms with van der Waals surface area (Å²) >= 11 is 9.20. The first-order chi connectivity index (χ1) is 9.58. The van der Waals surface area contributed by atoms with Gasteiger partial charge in [0, 0.05) is 10.0 Å². The molecule has 0 aliphatic heterocycles. The lowest BCUT2D eigenvalue weighted by Crippen LogP contribution is -1.99. The summed E-state index contributed by atoms with van der Waals surface area (Å²) in [5, 5.41) is 13.2. The zero-order chi connectivity index (χ0) is 14.5. The normalized spacial score (nSPS) is 10.7. The Kier molecular flexibility index (Phi) is 4.76. The number of benzene rings is 2. The first kappa shape index (κ1) is 14.6. The van der Waals surface area contributed by atoms with Crippen LogP contribution in [0.1, 0.15) is 15.9 Å². The number of carbonyl (C=O) groups is 1. The van der Waals surface area contributed by atoms with Crippen LogP contribution in [-0.2, 0) is 0 Å². The van der Waals surface area contributed by atoms with Gasteiger partial charge in [-0.25, -0.2) is 4.79 Å². The van der Waals surface area contributed by atoms with Gasteiger partial charge in [-0.1, -0.05) is 45.7 Å². The summed E-state index contributed by atoms with van der Waals surface area (Å²) in [6, 6.07) is 12.2. The van der Waals surface area contributed by atoms with Crippen molar-refractivity contribution in [1.29, 1.82) is 0 Å². The molecule has 2 rings (SSSR count). The van der Waals surface area contributed by atoms with Gasteiger partial charge < -0.3 is 5.11 Å². The van der Waals surface area contributed by atoms with Crippen molar-refractivity contribution in [1.82, 2.24) is 0 Å². The van der Waals surface area contributed by atoms with Gasteiger partial charge in [0.05, 0.1) is 22.5 Å². The third-order valence-corrected chi connectivity index (χ3v) is 3.55. The maximum atomic E-state index is 11.0. The molecule has 2 aromatic rings. The van der Waals surface area contributed by atoms with Crippen LogP contribution >= 0.6 is 27.5 Å². The van der Waals surface area contributed by atoms with Crippen LogP contribution in [0.15, 0.2) is 52.0 Å². The Balaban J connectivity index is 2.14. The van der Waals surface area contributed by atoms with E-state index in [2.05, 4.69) is 26.5 Å². The van der Waals surface area contributed by atoms with Crippen molar-refractivity contribution >= 4 is 45.4 Å². The largest absolute Gasteiger partial charge is 0.478 e. The molecule has 0 atom stereocenters. The van der Waals surface area contributed by atoms with E-state index in [0.717, 1.165) is 10.0 Å². The Labute approximate surface area is 129 Å². The van der Waals surface area contributed by atoms with Gasteiger partial charge >= 0.3 is 5.97 Å². The molecular weight excluding hydrogens is 344 g/mol. The van der Waals surface area contributed by atoms with Gasteiger partial charge in [0.1, 0.15) is 0 Å². The predicted molar refractivity (Wildman–Crippen MR) is 83.8 cm³/mol. The number of carboxylic acids is 1. The molecule has 0 fully saturated rings.